The second-order valence-corrected chi connectivity index (χ2v) is 3.86. The number of hydrogen-bond acceptors (Lipinski definition) is 2. The van der Waals surface area contributed by atoms with Gasteiger partial charge in [0.1, 0.15) is 5.15 Å². The molecule has 0 radical (unpaired) electrons. The molecule has 15 heavy (non-hydrogen) atoms. The molecule has 0 fully saturated rings. The summed E-state index contributed by atoms with van der Waals surface area (Å²) in [6.07, 6.45) is 3.57. The van der Waals surface area contributed by atoms with Gasteiger partial charge in [-0.15, -0.1) is 0 Å². The van der Waals surface area contributed by atoms with E-state index in [-0.39, 0.29) is 17.1 Å². The molecule has 1 heterocycles. The first-order valence-corrected chi connectivity index (χ1v) is 5.44. The minimum Gasteiger partial charge on any atom is -0.349 e. The third-order valence-electron chi connectivity index (χ3n) is 2.10. The first-order valence-electron chi connectivity index (χ1n) is 5.06. The molecule has 1 aromatic heterocycles. The Labute approximate surface area is 94.9 Å². The van der Waals surface area contributed by atoms with E-state index in [2.05, 4.69) is 17.2 Å². The van der Waals surface area contributed by atoms with Gasteiger partial charge in [-0.05, 0) is 25.5 Å². The van der Waals surface area contributed by atoms with Gasteiger partial charge in [0.25, 0.3) is 5.91 Å². The van der Waals surface area contributed by atoms with Crippen molar-refractivity contribution in [1.29, 1.82) is 0 Å². The summed E-state index contributed by atoms with van der Waals surface area (Å²) < 4.78 is 0. The zero-order chi connectivity index (χ0) is 11.3. The molecule has 0 aromatic carbocycles. The summed E-state index contributed by atoms with van der Waals surface area (Å²) in [6, 6.07) is 3.54. The Kier molecular flexibility index (Phi) is 4.56. The number of halogens is 1. The highest BCUT2D eigenvalue weighted by molar-refractivity contribution is 6.32. The topological polar surface area (TPSA) is 42.0 Å². The van der Waals surface area contributed by atoms with Crippen molar-refractivity contribution in [1.82, 2.24) is 10.3 Å². The summed E-state index contributed by atoms with van der Waals surface area (Å²) in [4.78, 5) is 15.6. The van der Waals surface area contributed by atoms with Gasteiger partial charge >= 0.3 is 0 Å². The maximum Gasteiger partial charge on any atom is 0.254 e. The molecular weight excluding hydrogens is 212 g/mol. The van der Waals surface area contributed by atoms with Gasteiger partial charge in [-0.2, -0.15) is 0 Å². The second-order valence-electron chi connectivity index (χ2n) is 3.50. The maximum absolute atomic E-state index is 11.7. The first-order chi connectivity index (χ1) is 7.15. The van der Waals surface area contributed by atoms with E-state index in [1.807, 2.05) is 6.92 Å². The number of rotatable bonds is 4. The zero-order valence-electron chi connectivity index (χ0n) is 8.96. The highest BCUT2D eigenvalue weighted by atomic mass is 35.5. The first kappa shape index (κ1) is 12.0. The SMILES string of the molecule is CCCC(C)NC(=O)c1cccnc1Cl. The van der Waals surface area contributed by atoms with Crippen molar-refractivity contribution in [2.75, 3.05) is 0 Å². The Balaban J connectivity index is 2.65. The molecule has 1 amide bonds. The van der Waals surface area contributed by atoms with Crippen LogP contribution in [0.2, 0.25) is 5.15 Å². The summed E-state index contributed by atoms with van der Waals surface area (Å²) in [5.74, 6) is -0.158. The molecule has 82 valence electrons. The second kappa shape index (κ2) is 5.71. The molecule has 0 bridgehead atoms. The fourth-order valence-corrected chi connectivity index (χ4v) is 1.57. The highest BCUT2D eigenvalue weighted by Crippen LogP contribution is 2.11. The molecule has 0 aliphatic heterocycles. The predicted octanol–water partition coefficient (Wildman–Crippen LogP) is 2.65. The van der Waals surface area contributed by atoms with Gasteiger partial charge in [0, 0.05) is 12.2 Å². The Morgan fingerprint density at radius 3 is 3.00 bits per heavy atom. The van der Waals surface area contributed by atoms with Gasteiger partial charge in [0.05, 0.1) is 5.56 Å². The quantitative estimate of drug-likeness (QED) is 0.802. The number of carbonyl (C=O) groups excluding carboxylic acids is 1. The van der Waals surface area contributed by atoms with Crippen LogP contribution in [-0.2, 0) is 0 Å². The van der Waals surface area contributed by atoms with Gasteiger partial charge < -0.3 is 5.32 Å². The molecule has 0 aliphatic carbocycles. The lowest BCUT2D eigenvalue weighted by Gasteiger charge is -2.12. The lowest BCUT2D eigenvalue weighted by atomic mass is 10.2. The number of pyridine rings is 1. The molecule has 0 saturated heterocycles. The maximum atomic E-state index is 11.7. The van der Waals surface area contributed by atoms with Gasteiger partial charge in [-0.1, -0.05) is 24.9 Å². The predicted molar refractivity (Wildman–Crippen MR) is 61.1 cm³/mol. The average Bonchev–Trinajstić information content (AvgIpc) is 2.18. The molecule has 3 nitrogen and oxygen atoms in total. The summed E-state index contributed by atoms with van der Waals surface area (Å²) in [7, 11) is 0. The molecule has 0 aliphatic rings. The van der Waals surface area contributed by atoms with E-state index in [1.54, 1.807) is 18.3 Å². The molecule has 1 unspecified atom stereocenters. The van der Waals surface area contributed by atoms with E-state index in [9.17, 15) is 4.79 Å². The van der Waals surface area contributed by atoms with E-state index in [1.165, 1.54) is 0 Å². The van der Waals surface area contributed by atoms with Crippen LogP contribution in [0.1, 0.15) is 37.0 Å². The van der Waals surface area contributed by atoms with E-state index < -0.39 is 0 Å². The van der Waals surface area contributed by atoms with Gasteiger partial charge in [-0.25, -0.2) is 4.98 Å². The Morgan fingerprint density at radius 2 is 2.40 bits per heavy atom. The zero-order valence-corrected chi connectivity index (χ0v) is 9.71. The number of amides is 1. The summed E-state index contributed by atoms with van der Waals surface area (Å²) in [5.41, 5.74) is 0.433. The van der Waals surface area contributed by atoms with Crippen LogP contribution in [0.5, 0.6) is 0 Å². The fraction of sp³-hybridized carbons (Fsp3) is 0.455. The minimum atomic E-state index is -0.158. The average molecular weight is 227 g/mol. The minimum absolute atomic E-state index is 0.158. The third-order valence-corrected chi connectivity index (χ3v) is 2.40. The van der Waals surface area contributed by atoms with Crippen molar-refractivity contribution in [3.8, 4) is 0 Å². The van der Waals surface area contributed by atoms with Crippen LogP contribution in [0.25, 0.3) is 0 Å². The van der Waals surface area contributed by atoms with Crippen molar-refractivity contribution in [3.63, 3.8) is 0 Å². The van der Waals surface area contributed by atoms with Crippen molar-refractivity contribution in [3.05, 3.63) is 29.0 Å². The van der Waals surface area contributed by atoms with E-state index >= 15 is 0 Å². The number of carbonyl (C=O) groups is 1. The molecule has 1 rings (SSSR count). The third kappa shape index (κ3) is 3.51. The van der Waals surface area contributed by atoms with Crippen LogP contribution in [0.4, 0.5) is 0 Å². The van der Waals surface area contributed by atoms with Gasteiger partial charge in [0.15, 0.2) is 0 Å². The smallest absolute Gasteiger partial charge is 0.254 e. The number of nitrogens with zero attached hydrogens (tertiary/aromatic N) is 1. The lowest BCUT2D eigenvalue weighted by molar-refractivity contribution is 0.0938. The molecule has 1 atom stereocenters. The van der Waals surface area contributed by atoms with Crippen LogP contribution in [0.15, 0.2) is 18.3 Å². The lowest BCUT2D eigenvalue weighted by Crippen LogP contribution is -2.32. The summed E-state index contributed by atoms with van der Waals surface area (Å²) in [6.45, 7) is 4.06. The monoisotopic (exact) mass is 226 g/mol. The van der Waals surface area contributed by atoms with Crippen LogP contribution in [0, 0.1) is 0 Å². The molecule has 0 spiro atoms. The van der Waals surface area contributed by atoms with Crippen molar-refractivity contribution in [2.24, 2.45) is 0 Å². The van der Waals surface area contributed by atoms with Crippen molar-refractivity contribution >= 4 is 17.5 Å². The van der Waals surface area contributed by atoms with Crippen LogP contribution >= 0.6 is 11.6 Å². The van der Waals surface area contributed by atoms with E-state index in [0.717, 1.165) is 12.8 Å². The highest BCUT2D eigenvalue weighted by Gasteiger charge is 2.12. The Morgan fingerprint density at radius 1 is 1.67 bits per heavy atom. The number of aromatic nitrogens is 1. The molecule has 1 N–H and O–H groups in total. The van der Waals surface area contributed by atoms with Crippen molar-refractivity contribution in [2.45, 2.75) is 32.7 Å². The van der Waals surface area contributed by atoms with Crippen molar-refractivity contribution < 1.29 is 4.79 Å². The molecule has 1 aromatic rings. The van der Waals surface area contributed by atoms with Gasteiger partial charge in [-0.3, -0.25) is 4.79 Å². The largest absolute Gasteiger partial charge is 0.349 e. The Hall–Kier alpha value is -1.09. The van der Waals surface area contributed by atoms with Crippen LogP contribution in [0.3, 0.4) is 0 Å². The fourth-order valence-electron chi connectivity index (χ4n) is 1.36. The Bertz CT molecular complexity index is 341. The van der Waals surface area contributed by atoms with Crippen LogP contribution < -0.4 is 5.32 Å². The van der Waals surface area contributed by atoms with E-state index in [0.29, 0.717) is 5.56 Å². The molecular formula is C11H15ClN2O. The summed E-state index contributed by atoms with van der Waals surface area (Å²) >= 11 is 5.81. The van der Waals surface area contributed by atoms with Crippen LogP contribution in [-0.4, -0.2) is 16.9 Å². The molecule has 4 heteroatoms. The number of hydrogen-bond donors (Lipinski definition) is 1. The standard InChI is InChI=1S/C11H15ClN2O/c1-3-5-8(2)14-11(15)9-6-4-7-13-10(9)12/h4,6-8H,3,5H2,1-2H3,(H,14,15). The summed E-state index contributed by atoms with van der Waals surface area (Å²) in [5, 5.41) is 3.12. The van der Waals surface area contributed by atoms with E-state index in [4.69, 9.17) is 11.6 Å². The molecule has 0 saturated carbocycles. The number of nitrogens with one attached hydrogen (secondary N) is 1. The van der Waals surface area contributed by atoms with Gasteiger partial charge in [0.2, 0.25) is 0 Å². The normalized spacial score (nSPS) is 12.2.